The standard InChI is InChI=1S/C17H21F2N5O2/c1-3-26-15(25)13-10-14(20-12-4-7-17(18,19)8-5-12)22-16(21-13)24-9-6-11(2)23-24/h6,9-10,12H,3-5,7-8H2,1-2H3,(H,20,21,22). The normalized spacial score (nSPS) is 17.1. The third-order valence-corrected chi connectivity index (χ3v) is 4.20. The lowest BCUT2D eigenvalue weighted by Crippen LogP contribution is -2.32. The second-order valence-corrected chi connectivity index (χ2v) is 6.34. The smallest absolute Gasteiger partial charge is 0.357 e. The largest absolute Gasteiger partial charge is 0.461 e. The Balaban J connectivity index is 1.86. The fraction of sp³-hybridized carbons (Fsp3) is 0.529. The number of hydrogen-bond donors (Lipinski definition) is 1. The molecule has 1 aliphatic carbocycles. The van der Waals surface area contributed by atoms with Crippen molar-refractivity contribution in [1.29, 1.82) is 0 Å². The van der Waals surface area contributed by atoms with Gasteiger partial charge in [-0.3, -0.25) is 0 Å². The molecule has 9 heteroatoms. The zero-order valence-corrected chi connectivity index (χ0v) is 14.7. The summed E-state index contributed by atoms with van der Waals surface area (Å²) in [5.74, 6) is -2.57. The van der Waals surface area contributed by atoms with Gasteiger partial charge in [-0.2, -0.15) is 10.1 Å². The van der Waals surface area contributed by atoms with E-state index in [1.165, 1.54) is 10.7 Å². The Labute approximate surface area is 149 Å². The van der Waals surface area contributed by atoms with Crippen molar-refractivity contribution in [3.05, 3.63) is 29.7 Å². The van der Waals surface area contributed by atoms with Crippen molar-refractivity contribution < 1.29 is 18.3 Å². The molecule has 7 nitrogen and oxygen atoms in total. The van der Waals surface area contributed by atoms with E-state index in [1.54, 1.807) is 19.2 Å². The van der Waals surface area contributed by atoms with Gasteiger partial charge in [0, 0.05) is 31.1 Å². The molecule has 3 rings (SSSR count). The lowest BCUT2D eigenvalue weighted by Gasteiger charge is -2.29. The van der Waals surface area contributed by atoms with Crippen molar-refractivity contribution in [1.82, 2.24) is 19.7 Å². The molecule has 0 aromatic carbocycles. The molecular formula is C17H21F2N5O2. The topological polar surface area (TPSA) is 81.9 Å². The van der Waals surface area contributed by atoms with Crippen LogP contribution in [0.3, 0.4) is 0 Å². The van der Waals surface area contributed by atoms with Crippen LogP contribution in [-0.4, -0.2) is 44.3 Å². The summed E-state index contributed by atoms with van der Waals surface area (Å²) >= 11 is 0. The molecule has 0 bridgehead atoms. The number of carbonyl (C=O) groups is 1. The summed E-state index contributed by atoms with van der Waals surface area (Å²) < 4.78 is 33.1. The maximum atomic E-state index is 13.3. The minimum Gasteiger partial charge on any atom is -0.461 e. The van der Waals surface area contributed by atoms with Gasteiger partial charge in [0.05, 0.1) is 12.3 Å². The maximum absolute atomic E-state index is 13.3. The van der Waals surface area contributed by atoms with Crippen molar-refractivity contribution in [2.45, 2.75) is 51.5 Å². The summed E-state index contributed by atoms with van der Waals surface area (Å²) in [6.45, 7) is 3.75. The van der Waals surface area contributed by atoms with Gasteiger partial charge < -0.3 is 10.1 Å². The van der Waals surface area contributed by atoms with E-state index in [0.717, 1.165) is 5.69 Å². The van der Waals surface area contributed by atoms with Crippen molar-refractivity contribution in [3.8, 4) is 5.95 Å². The van der Waals surface area contributed by atoms with Gasteiger partial charge in [0.15, 0.2) is 5.69 Å². The highest BCUT2D eigenvalue weighted by atomic mass is 19.3. The van der Waals surface area contributed by atoms with Crippen molar-refractivity contribution >= 4 is 11.8 Å². The SMILES string of the molecule is CCOC(=O)c1cc(NC2CCC(F)(F)CC2)nc(-n2ccc(C)n2)n1. The van der Waals surface area contributed by atoms with Gasteiger partial charge in [-0.1, -0.05) is 0 Å². The average Bonchev–Trinajstić information content (AvgIpc) is 3.03. The van der Waals surface area contributed by atoms with Gasteiger partial charge in [-0.25, -0.2) is 23.2 Å². The second kappa shape index (κ2) is 7.35. The molecule has 1 aliphatic rings. The monoisotopic (exact) mass is 365 g/mol. The molecule has 0 radical (unpaired) electrons. The number of nitrogens with one attached hydrogen (secondary N) is 1. The third-order valence-electron chi connectivity index (χ3n) is 4.20. The zero-order chi connectivity index (χ0) is 18.7. The van der Waals surface area contributed by atoms with Crippen LogP contribution < -0.4 is 5.32 Å². The van der Waals surface area contributed by atoms with Crippen molar-refractivity contribution in [2.75, 3.05) is 11.9 Å². The van der Waals surface area contributed by atoms with E-state index in [-0.39, 0.29) is 37.1 Å². The van der Waals surface area contributed by atoms with Gasteiger partial charge in [-0.05, 0) is 32.8 Å². The molecule has 0 unspecified atom stereocenters. The maximum Gasteiger partial charge on any atom is 0.357 e. The molecule has 26 heavy (non-hydrogen) atoms. The molecule has 0 aliphatic heterocycles. The van der Waals surface area contributed by atoms with Gasteiger partial charge in [0.1, 0.15) is 5.82 Å². The summed E-state index contributed by atoms with van der Waals surface area (Å²) in [6, 6.07) is 3.13. The lowest BCUT2D eigenvalue weighted by molar-refractivity contribution is -0.0361. The van der Waals surface area contributed by atoms with E-state index >= 15 is 0 Å². The van der Waals surface area contributed by atoms with E-state index in [1.807, 2.05) is 6.92 Å². The number of anilines is 1. The van der Waals surface area contributed by atoms with Gasteiger partial charge >= 0.3 is 5.97 Å². The highest BCUT2D eigenvalue weighted by molar-refractivity contribution is 5.88. The minimum atomic E-state index is -2.60. The first-order chi connectivity index (χ1) is 12.4. The summed E-state index contributed by atoms with van der Waals surface area (Å²) in [5.41, 5.74) is 0.868. The molecule has 2 aromatic heterocycles. The van der Waals surface area contributed by atoms with Crippen LogP contribution in [0, 0.1) is 6.92 Å². The van der Waals surface area contributed by atoms with E-state index in [9.17, 15) is 13.6 Å². The molecule has 1 fully saturated rings. The van der Waals surface area contributed by atoms with Crippen LogP contribution in [0.25, 0.3) is 5.95 Å². The fourth-order valence-corrected chi connectivity index (χ4v) is 2.84. The second-order valence-electron chi connectivity index (χ2n) is 6.34. The molecule has 0 amide bonds. The summed E-state index contributed by atoms with van der Waals surface area (Å²) in [4.78, 5) is 20.7. The summed E-state index contributed by atoms with van der Waals surface area (Å²) in [6.07, 6.45) is 2.03. The van der Waals surface area contributed by atoms with Crippen LogP contribution in [0.5, 0.6) is 0 Å². The van der Waals surface area contributed by atoms with Crippen LogP contribution in [0.15, 0.2) is 18.3 Å². The van der Waals surface area contributed by atoms with Crippen LogP contribution >= 0.6 is 0 Å². The average molecular weight is 365 g/mol. The predicted octanol–water partition coefficient (Wildman–Crippen LogP) is 3.14. The number of carbonyl (C=O) groups excluding carboxylic acids is 1. The molecule has 140 valence electrons. The lowest BCUT2D eigenvalue weighted by atomic mass is 9.92. The number of aryl methyl sites for hydroxylation is 1. The van der Waals surface area contributed by atoms with Gasteiger partial charge in [-0.15, -0.1) is 0 Å². The highest BCUT2D eigenvalue weighted by Gasteiger charge is 2.35. The van der Waals surface area contributed by atoms with Crippen LogP contribution in [0.1, 0.15) is 48.8 Å². The molecular weight excluding hydrogens is 344 g/mol. The zero-order valence-electron chi connectivity index (χ0n) is 14.7. The van der Waals surface area contributed by atoms with Crippen molar-refractivity contribution in [3.63, 3.8) is 0 Å². The van der Waals surface area contributed by atoms with Crippen LogP contribution in [-0.2, 0) is 4.74 Å². The Morgan fingerprint density at radius 2 is 2.12 bits per heavy atom. The Morgan fingerprint density at radius 3 is 2.73 bits per heavy atom. The number of rotatable bonds is 5. The Kier molecular flexibility index (Phi) is 5.15. The van der Waals surface area contributed by atoms with E-state index in [4.69, 9.17) is 4.74 Å². The number of aromatic nitrogens is 4. The number of halogens is 2. The van der Waals surface area contributed by atoms with Gasteiger partial charge in [0.2, 0.25) is 5.92 Å². The Bertz CT molecular complexity index is 783. The van der Waals surface area contributed by atoms with E-state index in [2.05, 4.69) is 20.4 Å². The number of ether oxygens (including phenoxy) is 1. The Hall–Kier alpha value is -2.58. The molecule has 0 spiro atoms. The third kappa shape index (κ3) is 4.33. The quantitative estimate of drug-likeness (QED) is 0.820. The summed E-state index contributed by atoms with van der Waals surface area (Å²) in [7, 11) is 0. The molecule has 1 saturated carbocycles. The highest BCUT2D eigenvalue weighted by Crippen LogP contribution is 2.34. The van der Waals surface area contributed by atoms with Crippen molar-refractivity contribution in [2.24, 2.45) is 0 Å². The number of esters is 1. The molecule has 2 aromatic rings. The number of nitrogens with zero attached hydrogens (tertiary/aromatic N) is 4. The van der Waals surface area contributed by atoms with Crippen LogP contribution in [0.4, 0.5) is 14.6 Å². The first-order valence-corrected chi connectivity index (χ1v) is 8.59. The molecule has 1 N–H and O–H groups in total. The van der Waals surface area contributed by atoms with E-state index < -0.39 is 11.9 Å². The number of alkyl halides is 2. The first-order valence-electron chi connectivity index (χ1n) is 8.59. The number of hydrogen-bond acceptors (Lipinski definition) is 6. The van der Waals surface area contributed by atoms with E-state index in [0.29, 0.717) is 18.7 Å². The molecule has 0 saturated heterocycles. The molecule has 2 heterocycles. The summed E-state index contributed by atoms with van der Waals surface area (Å²) in [5, 5.41) is 7.39. The van der Waals surface area contributed by atoms with Crippen LogP contribution in [0.2, 0.25) is 0 Å². The molecule has 0 atom stereocenters. The Morgan fingerprint density at radius 1 is 1.38 bits per heavy atom. The predicted molar refractivity (Wildman–Crippen MR) is 90.7 cm³/mol. The minimum absolute atomic E-state index is 0.0913. The first kappa shape index (κ1) is 18.2. The van der Waals surface area contributed by atoms with Gasteiger partial charge in [0.25, 0.3) is 5.95 Å². The fourth-order valence-electron chi connectivity index (χ4n) is 2.84.